The first-order chi connectivity index (χ1) is 20.8. The number of hydrogen-bond donors (Lipinski definition) is 0. The molecule has 0 radical (unpaired) electrons. The van der Waals surface area contributed by atoms with Gasteiger partial charge in [0.25, 0.3) is 0 Å². The first-order valence-corrected chi connectivity index (χ1v) is 16.3. The van der Waals surface area contributed by atoms with Crippen molar-refractivity contribution in [1.29, 1.82) is 0 Å². The van der Waals surface area contributed by atoms with Crippen molar-refractivity contribution in [3.05, 3.63) is 90.0 Å². The Bertz CT molecular complexity index is 1370. The minimum absolute atomic E-state index is 0.384. The minimum Gasteiger partial charge on any atom is -0.465 e. The van der Waals surface area contributed by atoms with Crippen molar-refractivity contribution in [2.45, 2.75) is 71.4 Å². The van der Waals surface area contributed by atoms with Crippen molar-refractivity contribution in [3.63, 3.8) is 0 Å². The second-order valence-electron chi connectivity index (χ2n) is 13.7. The number of benzene rings is 3. The second-order valence-corrected chi connectivity index (χ2v) is 13.7. The second kappa shape index (κ2) is 12.7. The highest BCUT2D eigenvalue weighted by atomic mass is 16.5. The maximum absolute atomic E-state index is 12.5. The maximum Gasteiger partial charge on any atom is 0.341 e. The topological polar surface area (TPSA) is 42.0 Å². The smallest absolute Gasteiger partial charge is 0.341 e. The molecule has 2 bridgehead atoms. The third-order valence-electron chi connectivity index (χ3n) is 11.1. The van der Waals surface area contributed by atoms with Crippen molar-refractivity contribution in [1.82, 2.24) is 4.90 Å². The lowest BCUT2D eigenvalue weighted by Gasteiger charge is -2.64. The van der Waals surface area contributed by atoms with Gasteiger partial charge in [-0.3, -0.25) is 4.90 Å². The van der Waals surface area contributed by atoms with Gasteiger partial charge in [-0.1, -0.05) is 69.3 Å². The van der Waals surface area contributed by atoms with Crippen molar-refractivity contribution in [2.24, 2.45) is 23.2 Å². The summed E-state index contributed by atoms with van der Waals surface area (Å²) in [6.45, 7) is 10.7. The fraction of sp³-hybridized carbons (Fsp3) is 0.500. The Morgan fingerprint density at radius 1 is 0.953 bits per heavy atom. The number of rotatable bonds is 10. The Morgan fingerprint density at radius 2 is 1.65 bits per heavy atom. The molecule has 5 heteroatoms. The normalized spacial score (nSPS) is 24.8. The third-order valence-corrected chi connectivity index (χ3v) is 11.1. The fourth-order valence-electron chi connectivity index (χ4n) is 8.43. The summed E-state index contributed by atoms with van der Waals surface area (Å²) < 4.78 is 11.2. The van der Waals surface area contributed by atoms with Gasteiger partial charge < -0.3 is 14.4 Å². The monoisotopic (exact) mass is 580 g/mol. The van der Waals surface area contributed by atoms with Crippen LogP contribution in [0.15, 0.2) is 78.9 Å². The molecule has 4 fully saturated rings. The van der Waals surface area contributed by atoms with E-state index in [1.54, 1.807) is 0 Å². The van der Waals surface area contributed by atoms with Gasteiger partial charge in [0.1, 0.15) is 17.1 Å². The first-order valence-electron chi connectivity index (χ1n) is 16.3. The molecule has 0 aromatic heterocycles. The lowest BCUT2D eigenvalue weighted by molar-refractivity contribution is -0.145. The Labute approximate surface area is 258 Å². The van der Waals surface area contributed by atoms with Gasteiger partial charge in [0.15, 0.2) is 0 Å². The van der Waals surface area contributed by atoms with Crippen LogP contribution in [0.2, 0.25) is 0 Å². The number of ether oxygens (including phenoxy) is 2. The van der Waals surface area contributed by atoms with E-state index in [2.05, 4.69) is 60.9 Å². The number of carbonyl (C=O) groups excluding carboxylic acids is 1. The van der Waals surface area contributed by atoms with Crippen LogP contribution in [0.3, 0.4) is 0 Å². The van der Waals surface area contributed by atoms with E-state index in [0.29, 0.717) is 34.6 Å². The molecule has 4 aliphatic rings. The van der Waals surface area contributed by atoms with E-state index in [-0.39, 0.29) is 5.97 Å². The highest BCUT2D eigenvalue weighted by molar-refractivity contribution is 5.93. The fourth-order valence-corrected chi connectivity index (χ4v) is 8.43. The van der Waals surface area contributed by atoms with Gasteiger partial charge in [-0.15, -0.1) is 0 Å². The van der Waals surface area contributed by atoms with Gasteiger partial charge in [-0.2, -0.15) is 0 Å². The van der Waals surface area contributed by atoms with Crippen molar-refractivity contribution < 1.29 is 14.3 Å². The molecule has 0 spiro atoms. The predicted octanol–water partition coefficient (Wildman–Crippen LogP) is 8.24. The largest absolute Gasteiger partial charge is 0.465 e. The predicted molar refractivity (Wildman–Crippen MR) is 174 cm³/mol. The molecule has 228 valence electrons. The zero-order valence-electron chi connectivity index (χ0n) is 26.4. The van der Waals surface area contributed by atoms with Crippen molar-refractivity contribution >= 4 is 11.7 Å². The number of hydrogen-bond acceptors (Lipinski definition) is 5. The van der Waals surface area contributed by atoms with Gasteiger partial charge in [0.05, 0.1) is 7.11 Å². The van der Waals surface area contributed by atoms with Gasteiger partial charge in [0.2, 0.25) is 0 Å². The van der Waals surface area contributed by atoms with Crippen LogP contribution in [0.4, 0.5) is 5.69 Å². The van der Waals surface area contributed by atoms with Crippen molar-refractivity contribution in [3.8, 4) is 11.5 Å². The summed E-state index contributed by atoms with van der Waals surface area (Å²) in [4.78, 5) is 17.9. The molecular formula is C38H48N2O3. The first kappa shape index (κ1) is 29.7. The van der Waals surface area contributed by atoms with E-state index < -0.39 is 0 Å². The molecule has 0 unspecified atom stereocenters. The molecule has 5 nitrogen and oxygen atoms in total. The zero-order valence-corrected chi connectivity index (χ0v) is 26.4. The van der Waals surface area contributed by atoms with E-state index in [0.717, 1.165) is 55.8 Å². The van der Waals surface area contributed by atoms with Crippen LogP contribution in [-0.4, -0.2) is 49.7 Å². The number of para-hydroxylation sites is 1. The van der Waals surface area contributed by atoms with Crippen molar-refractivity contribution in [2.75, 3.05) is 31.6 Å². The molecule has 0 N–H and O–H groups in total. The van der Waals surface area contributed by atoms with Crippen LogP contribution in [0.5, 0.6) is 11.5 Å². The van der Waals surface area contributed by atoms with Crippen LogP contribution >= 0.6 is 0 Å². The Hall–Kier alpha value is -3.31. The van der Waals surface area contributed by atoms with Gasteiger partial charge in [-0.05, 0) is 98.1 Å². The minimum atomic E-state index is -0.384. The van der Waals surface area contributed by atoms with Crippen LogP contribution in [0, 0.1) is 23.2 Å². The van der Waals surface area contributed by atoms with Crippen LogP contribution in [0.1, 0.15) is 68.8 Å². The maximum atomic E-state index is 12.5. The molecule has 1 aliphatic heterocycles. The molecule has 3 aromatic carbocycles. The highest BCUT2D eigenvalue weighted by Gasteiger charge is 2.57. The van der Waals surface area contributed by atoms with Crippen LogP contribution in [0.25, 0.3) is 0 Å². The summed E-state index contributed by atoms with van der Waals surface area (Å²) in [5.41, 5.74) is 3.50. The number of carbonyl (C=O) groups is 1. The van der Waals surface area contributed by atoms with E-state index in [1.165, 1.54) is 38.5 Å². The molecule has 3 aromatic rings. The summed E-state index contributed by atoms with van der Waals surface area (Å²) in [5, 5.41) is 0. The average Bonchev–Trinajstić information content (AvgIpc) is 3.04. The number of nitrogens with zero attached hydrogens (tertiary/aromatic N) is 2. The number of aryl methyl sites for hydroxylation is 1. The molecule has 7 rings (SSSR count). The SMILES string of the molecule is COC(=O)c1ccc(N2CCC(N(CCCc3ccccc3)[C@H]3C[C@@H]4C[C@@H]([C@H]3C)C4(C)C)CC2)cc1Oc1ccccc1. The van der Waals surface area contributed by atoms with Gasteiger partial charge in [-0.25, -0.2) is 4.79 Å². The number of anilines is 1. The Kier molecular flexibility index (Phi) is 8.81. The van der Waals surface area contributed by atoms with Crippen LogP contribution < -0.4 is 9.64 Å². The molecule has 43 heavy (non-hydrogen) atoms. The molecule has 0 amide bonds. The molecule has 1 saturated heterocycles. The summed E-state index contributed by atoms with van der Waals surface area (Å²) in [6, 6.07) is 27.8. The number of piperidine rings is 1. The number of fused-ring (bicyclic) bond motifs is 2. The molecule has 3 saturated carbocycles. The molecule has 4 atom stereocenters. The summed E-state index contributed by atoms with van der Waals surface area (Å²) in [7, 11) is 1.41. The summed E-state index contributed by atoms with van der Waals surface area (Å²) in [5.74, 6) is 3.33. The van der Waals surface area contributed by atoms with Gasteiger partial charge in [0, 0.05) is 36.9 Å². The Balaban J connectivity index is 1.16. The number of esters is 1. The third kappa shape index (κ3) is 6.20. The zero-order chi connectivity index (χ0) is 30.0. The molecule has 3 aliphatic carbocycles. The standard InChI is InChI=1S/C38H48N2O3/c1-27-34-24-29(38(34,2)3)25-35(27)40(21-11-14-28-12-7-5-8-13-28)30-19-22-39(23-20-30)31-17-18-33(37(41)42-4)36(26-31)43-32-15-9-6-10-16-32/h5-10,12-13,15-18,26-27,29-30,34-35H,11,14,19-25H2,1-4H3/t27-,29+,34+,35+/m1/s1. The Morgan fingerprint density at radius 3 is 2.30 bits per heavy atom. The van der Waals surface area contributed by atoms with Gasteiger partial charge >= 0.3 is 5.97 Å². The summed E-state index contributed by atoms with van der Waals surface area (Å²) in [6.07, 6.45) is 7.44. The van der Waals surface area contributed by atoms with E-state index >= 15 is 0 Å². The summed E-state index contributed by atoms with van der Waals surface area (Å²) >= 11 is 0. The number of methoxy groups -OCH3 is 1. The average molecular weight is 581 g/mol. The highest BCUT2D eigenvalue weighted by Crippen LogP contribution is 2.62. The molecular weight excluding hydrogens is 532 g/mol. The van der Waals surface area contributed by atoms with E-state index in [9.17, 15) is 4.79 Å². The van der Waals surface area contributed by atoms with E-state index in [4.69, 9.17) is 9.47 Å². The lowest BCUT2D eigenvalue weighted by Crippen LogP contribution is -2.63. The molecule has 1 heterocycles. The van der Waals surface area contributed by atoms with Crippen LogP contribution in [-0.2, 0) is 11.2 Å². The quantitative estimate of drug-likeness (QED) is 0.226. The van der Waals surface area contributed by atoms with E-state index in [1.807, 2.05) is 48.5 Å². The lowest BCUT2D eigenvalue weighted by atomic mass is 9.44.